The van der Waals surface area contributed by atoms with Crippen LogP contribution in [0.3, 0.4) is 0 Å². The van der Waals surface area contributed by atoms with Gasteiger partial charge in [0.05, 0.1) is 0 Å². The summed E-state index contributed by atoms with van der Waals surface area (Å²) in [7, 11) is 0. The lowest BCUT2D eigenvalue weighted by atomic mass is 10.2. The van der Waals surface area contributed by atoms with E-state index in [-0.39, 0.29) is 23.9 Å². The first-order chi connectivity index (χ1) is 8.70. The highest BCUT2D eigenvalue weighted by Crippen LogP contribution is 2.15. The molecule has 2 rings (SSSR count). The number of anilines is 1. The average Bonchev–Trinajstić information content (AvgIpc) is 2.40. The molecule has 0 unspecified atom stereocenters. The molecule has 0 saturated carbocycles. The quantitative estimate of drug-likeness (QED) is 0.801. The molecule has 0 aliphatic heterocycles. The fourth-order valence-electron chi connectivity index (χ4n) is 1.49. The number of amides is 1. The summed E-state index contributed by atoms with van der Waals surface area (Å²) in [5.74, 6) is -0.595. The SMILES string of the molecule is Cl.NCc1ccc(NC(=O)c2ncccc2O)cc1. The second-order valence-electron chi connectivity index (χ2n) is 3.73. The molecule has 1 aromatic carbocycles. The van der Waals surface area contributed by atoms with Gasteiger partial charge in [-0.2, -0.15) is 0 Å². The average molecular weight is 280 g/mol. The van der Waals surface area contributed by atoms with Crippen molar-refractivity contribution in [3.63, 3.8) is 0 Å². The summed E-state index contributed by atoms with van der Waals surface area (Å²) in [4.78, 5) is 15.7. The Labute approximate surface area is 116 Å². The van der Waals surface area contributed by atoms with Crippen LogP contribution in [0.5, 0.6) is 5.75 Å². The molecule has 6 heteroatoms. The van der Waals surface area contributed by atoms with Crippen LogP contribution in [0.4, 0.5) is 5.69 Å². The van der Waals surface area contributed by atoms with Crippen LogP contribution < -0.4 is 11.1 Å². The van der Waals surface area contributed by atoms with Crippen molar-refractivity contribution < 1.29 is 9.90 Å². The van der Waals surface area contributed by atoms with Crippen LogP contribution in [-0.2, 0) is 6.54 Å². The number of hydrogen-bond acceptors (Lipinski definition) is 4. The number of nitrogens with two attached hydrogens (primary N) is 1. The van der Waals surface area contributed by atoms with Crippen molar-refractivity contribution in [3.05, 3.63) is 53.9 Å². The lowest BCUT2D eigenvalue weighted by Crippen LogP contribution is -2.13. The van der Waals surface area contributed by atoms with E-state index in [2.05, 4.69) is 10.3 Å². The zero-order valence-electron chi connectivity index (χ0n) is 10.0. The Kier molecular flexibility index (Phi) is 5.29. The first kappa shape index (κ1) is 14.9. The van der Waals surface area contributed by atoms with Gasteiger partial charge in [0.2, 0.25) is 0 Å². The molecule has 0 bridgehead atoms. The molecule has 0 spiro atoms. The molecular formula is C13H14ClN3O2. The molecule has 0 aliphatic carbocycles. The molecule has 0 fully saturated rings. The molecule has 2 aromatic rings. The molecule has 1 amide bonds. The molecule has 5 nitrogen and oxygen atoms in total. The molecule has 0 radical (unpaired) electrons. The third kappa shape index (κ3) is 3.67. The summed E-state index contributed by atoms with van der Waals surface area (Å²) in [6, 6.07) is 10.1. The van der Waals surface area contributed by atoms with Gasteiger partial charge in [-0.3, -0.25) is 4.79 Å². The van der Waals surface area contributed by atoms with Crippen molar-refractivity contribution >= 4 is 24.0 Å². The number of aromatic hydroxyl groups is 1. The number of nitrogens with one attached hydrogen (secondary N) is 1. The van der Waals surface area contributed by atoms with E-state index in [1.165, 1.54) is 12.3 Å². The summed E-state index contributed by atoms with van der Waals surface area (Å²) in [6.45, 7) is 0.454. The van der Waals surface area contributed by atoms with Crippen molar-refractivity contribution in [2.45, 2.75) is 6.54 Å². The Balaban J connectivity index is 0.00000180. The number of benzene rings is 1. The largest absolute Gasteiger partial charge is 0.505 e. The predicted octanol–water partition coefficient (Wildman–Crippen LogP) is 1.92. The molecule has 0 aliphatic rings. The maximum Gasteiger partial charge on any atom is 0.278 e. The van der Waals surface area contributed by atoms with Crippen LogP contribution in [-0.4, -0.2) is 16.0 Å². The topological polar surface area (TPSA) is 88.2 Å². The summed E-state index contributed by atoms with van der Waals surface area (Å²) in [5, 5.41) is 12.1. The van der Waals surface area contributed by atoms with Gasteiger partial charge in [-0.15, -0.1) is 12.4 Å². The highest BCUT2D eigenvalue weighted by Gasteiger charge is 2.11. The fraction of sp³-hybridized carbons (Fsp3) is 0.0769. The molecule has 100 valence electrons. The highest BCUT2D eigenvalue weighted by atomic mass is 35.5. The minimum absolute atomic E-state index is 0. The van der Waals surface area contributed by atoms with Crippen molar-refractivity contribution in [2.24, 2.45) is 5.73 Å². The Morgan fingerprint density at radius 3 is 2.53 bits per heavy atom. The number of pyridine rings is 1. The lowest BCUT2D eigenvalue weighted by Gasteiger charge is -2.06. The zero-order valence-corrected chi connectivity index (χ0v) is 10.9. The van der Waals surface area contributed by atoms with Gasteiger partial charge in [0.25, 0.3) is 5.91 Å². The van der Waals surface area contributed by atoms with Crippen LogP contribution in [0.15, 0.2) is 42.6 Å². The van der Waals surface area contributed by atoms with Crippen molar-refractivity contribution in [1.82, 2.24) is 4.98 Å². The third-order valence-corrected chi connectivity index (χ3v) is 2.45. The Morgan fingerprint density at radius 1 is 1.26 bits per heavy atom. The van der Waals surface area contributed by atoms with Gasteiger partial charge in [-0.1, -0.05) is 12.1 Å². The first-order valence-electron chi connectivity index (χ1n) is 5.45. The number of hydrogen-bond donors (Lipinski definition) is 3. The summed E-state index contributed by atoms with van der Waals surface area (Å²) >= 11 is 0. The van der Waals surface area contributed by atoms with Crippen molar-refractivity contribution in [3.8, 4) is 5.75 Å². The van der Waals surface area contributed by atoms with E-state index in [1.54, 1.807) is 18.2 Å². The van der Waals surface area contributed by atoms with Gasteiger partial charge in [0.15, 0.2) is 5.69 Å². The molecule has 19 heavy (non-hydrogen) atoms. The van der Waals surface area contributed by atoms with Crippen molar-refractivity contribution in [1.29, 1.82) is 0 Å². The predicted molar refractivity (Wildman–Crippen MR) is 75.4 cm³/mol. The third-order valence-electron chi connectivity index (χ3n) is 2.45. The second-order valence-corrected chi connectivity index (χ2v) is 3.73. The van der Waals surface area contributed by atoms with E-state index >= 15 is 0 Å². The minimum atomic E-state index is -0.450. The Morgan fingerprint density at radius 2 is 1.95 bits per heavy atom. The number of rotatable bonds is 3. The van der Waals surface area contributed by atoms with E-state index in [9.17, 15) is 9.90 Å². The number of nitrogens with zero attached hydrogens (tertiary/aromatic N) is 1. The van der Waals surface area contributed by atoms with Crippen LogP contribution in [0.1, 0.15) is 16.1 Å². The van der Waals surface area contributed by atoms with Crippen LogP contribution in [0, 0.1) is 0 Å². The Bertz CT molecular complexity index is 558. The maximum atomic E-state index is 11.8. The summed E-state index contributed by atoms with van der Waals surface area (Å²) in [5.41, 5.74) is 7.09. The van der Waals surface area contributed by atoms with Gasteiger partial charge in [0, 0.05) is 18.4 Å². The first-order valence-corrected chi connectivity index (χ1v) is 5.45. The van der Waals surface area contributed by atoms with E-state index in [4.69, 9.17) is 5.73 Å². The number of carbonyl (C=O) groups is 1. The lowest BCUT2D eigenvalue weighted by molar-refractivity contribution is 0.101. The van der Waals surface area contributed by atoms with Crippen LogP contribution in [0.2, 0.25) is 0 Å². The second kappa shape index (κ2) is 6.72. The van der Waals surface area contributed by atoms with E-state index in [1.807, 2.05) is 12.1 Å². The molecule has 0 atom stereocenters. The van der Waals surface area contributed by atoms with Gasteiger partial charge >= 0.3 is 0 Å². The standard InChI is InChI=1S/C13H13N3O2.ClH/c14-8-9-3-5-10(6-4-9)16-13(18)12-11(17)2-1-7-15-12;/h1-7,17H,8,14H2,(H,16,18);1H. The normalized spacial score (nSPS) is 9.53. The summed E-state index contributed by atoms with van der Waals surface area (Å²) < 4.78 is 0. The monoisotopic (exact) mass is 279 g/mol. The van der Waals surface area contributed by atoms with Gasteiger partial charge in [-0.25, -0.2) is 4.98 Å². The summed E-state index contributed by atoms with van der Waals surface area (Å²) in [6.07, 6.45) is 1.45. The Hall–Kier alpha value is -2.11. The highest BCUT2D eigenvalue weighted by molar-refractivity contribution is 6.04. The molecule has 0 saturated heterocycles. The maximum absolute atomic E-state index is 11.8. The molecule has 4 N–H and O–H groups in total. The van der Waals surface area contributed by atoms with E-state index in [0.717, 1.165) is 5.56 Å². The number of aromatic nitrogens is 1. The number of halogens is 1. The fourth-order valence-corrected chi connectivity index (χ4v) is 1.49. The van der Waals surface area contributed by atoms with Gasteiger partial charge in [0.1, 0.15) is 5.75 Å². The number of carbonyl (C=O) groups excluding carboxylic acids is 1. The molecular weight excluding hydrogens is 266 g/mol. The van der Waals surface area contributed by atoms with Gasteiger partial charge < -0.3 is 16.2 Å². The minimum Gasteiger partial charge on any atom is -0.505 e. The zero-order chi connectivity index (χ0) is 13.0. The van der Waals surface area contributed by atoms with E-state index < -0.39 is 5.91 Å². The molecule has 1 aromatic heterocycles. The smallest absolute Gasteiger partial charge is 0.278 e. The van der Waals surface area contributed by atoms with Crippen molar-refractivity contribution in [2.75, 3.05) is 5.32 Å². The van der Waals surface area contributed by atoms with E-state index in [0.29, 0.717) is 12.2 Å². The molecule has 1 heterocycles. The van der Waals surface area contributed by atoms with Gasteiger partial charge in [-0.05, 0) is 29.8 Å². The van der Waals surface area contributed by atoms with Crippen LogP contribution >= 0.6 is 12.4 Å². The van der Waals surface area contributed by atoms with Crippen LogP contribution in [0.25, 0.3) is 0 Å².